The third kappa shape index (κ3) is 4.00. The first-order valence-corrected chi connectivity index (χ1v) is 5.94. The fourth-order valence-corrected chi connectivity index (χ4v) is 1.79. The average molecular weight is 254 g/mol. The van der Waals surface area contributed by atoms with Crippen LogP contribution in [0.1, 0.15) is 19.8 Å². The van der Waals surface area contributed by atoms with E-state index < -0.39 is 12.0 Å². The zero-order chi connectivity index (χ0) is 13.5. The predicted molar refractivity (Wildman–Crippen MR) is 62.3 cm³/mol. The van der Waals surface area contributed by atoms with Crippen LogP contribution in [0.2, 0.25) is 0 Å². The Morgan fingerprint density at radius 2 is 2.33 bits per heavy atom. The van der Waals surface area contributed by atoms with Gasteiger partial charge in [-0.3, -0.25) is 4.79 Å². The van der Waals surface area contributed by atoms with E-state index in [1.54, 1.807) is 6.92 Å². The van der Waals surface area contributed by atoms with Crippen molar-refractivity contribution in [1.82, 2.24) is 5.32 Å². The topological polar surface area (TPSA) is 88.4 Å². The lowest BCUT2D eigenvalue weighted by Gasteiger charge is -2.19. The van der Waals surface area contributed by atoms with Gasteiger partial charge in [0, 0.05) is 12.5 Å². The maximum absolute atomic E-state index is 11.9. The molecule has 6 heteroatoms. The lowest BCUT2D eigenvalue weighted by Crippen LogP contribution is -2.45. The summed E-state index contributed by atoms with van der Waals surface area (Å²) >= 11 is 0. The summed E-state index contributed by atoms with van der Waals surface area (Å²) in [6.45, 7) is 2.64. The summed E-state index contributed by atoms with van der Waals surface area (Å²) in [7, 11) is 1.26. The van der Waals surface area contributed by atoms with Gasteiger partial charge in [0.05, 0.1) is 25.7 Å². The molecule has 0 spiro atoms. The third-order valence-electron chi connectivity index (χ3n) is 2.91. The van der Waals surface area contributed by atoms with Gasteiger partial charge in [-0.25, -0.2) is 4.79 Å². The summed E-state index contributed by atoms with van der Waals surface area (Å²) in [6, 6.07) is 1.27. The van der Waals surface area contributed by atoms with Crippen molar-refractivity contribution in [1.29, 1.82) is 5.26 Å². The number of hydrogen-bond acceptors (Lipinski definition) is 5. The van der Waals surface area contributed by atoms with Crippen molar-refractivity contribution < 1.29 is 19.1 Å². The molecule has 0 aromatic rings. The quantitative estimate of drug-likeness (QED) is 0.709. The SMILES string of the molecule is COC(=O)[C@@H](C[C@H](C)C#N)NC(=O)[C@@H]1CCOC1. The van der Waals surface area contributed by atoms with E-state index in [-0.39, 0.29) is 24.2 Å². The summed E-state index contributed by atoms with van der Waals surface area (Å²) in [5.41, 5.74) is 0. The molecule has 1 aliphatic heterocycles. The summed E-state index contributed by atoms with van der Waals surface area (Å²) in [6.07, 6.45) is 0.913. The molecule has 18 heavy (non-hydrogen) atoms. The molecule has 1 N–H and O–H groups in total. The number of nitrogens with zero attached hydrogens (tertiary/aromatic N) is 1. The highest BCUT2D eigenvalue weighted by Crippen LogP contribution is 2.14. The number of amides is 1. The number of nitriles is 1. The normalized spacial score (nSPS) is 21.7. The van der Waals surface area contributed by atoms with Gasteiger partial charge in [0.1, 0.15) is 6.04 Å². The maximum atomic E-state index is 11.9. The van der Waals surface area contributed by atoms with E-state index in [0.717, 1.165) is 0 Å². The molecular formula is C12H18N2O4. The van der Waals surface area contributed by atoms with E-state index in [2.05, 4.69) is 10.1 Å². The molecule has 6 nitrogen and oxygen atoms in total. The Bertz CT molecular complexity index is 344. The van der Waals surface area contributed by atoms with E-state index in [4.69, 9.17) is 10.00 Å². The second-order valence-corrected chi connectivity index (χ2v) is 4.41. The molecule has 1 amide bonds. The average Bonchev–Trinajstić information content (AvgIpc) is 2.90. The molecule has 1 fully saturated rings. The first-order chi connectivity index (χ1) is 8.58. The highest BCUT2D eigenvalue weighted by Gasteiger charge is 2.29. The van der Waals surface area contributed by atoms with E-state index in [0.29, 0.717) is 19.6 Å². The number of methoxy groups -OCH3 is 1. The smallest absolute Gasteiger partial charge is 0.328 e. The molecule has 0 saturated carbocycles. The van der Waals surface area contributed by atoms with Crippen LogP contribution in [0.4, 0.5) is 0 Å². The first kappa shape index (κ1) is 14.5. The van der Waals surface area contributed by atoms with Crippen LogP contribution in [0, 0.1) is 23.2 Å². The van der Waals surface area contributed by atoms with Crippen LogP contribution in [-0.4, -0.2) is 38.2 Å². The van der Waals surface area contributed by atoms with E-state index in [9.17, 15) is 9.59 Å². The van der Waals surface area contributed by atoms with Crippen LogP contribution in [0.3, 0.4) is 0 Å². The highest BCUT2D eigenvalue weighted by molar-refractivity contribution is 5.85. The monoisotopic (exact) mass is 254 g/mol. The maximum Gasteiger partial charge on any atom is 0.328 e. The molecule has 0 unspecified atom stereocenters. The van der Waals surface area contributed by atoms with Gasteiger partial charge in [-0.15, -0.1) is 0 Å². The number of nitrogens with one attached hydrogen (secondary N) is 1. The predicted octanol–water partition coefficient (Wildman–Crippen LogP) is 0.230. The Kier molecular flexibility index (Phi) is 5.59. The van der Waals surface area contributed by atoms with Crippen LogP contribution in [0.5, 0.6) is 0 Å². The van der Waals surface area contributed by atoms with E-state index >= 15 is 0 Å². The van der Waals surface area contributed by atoms with Gasteiger partial charge in [-0.2, -0.15) is 5.26 Å². The Balaban J connectivity index is 2.57. The minimum atomic E-state index is -0.766. The van der Waals surface area contributed by atoms with E-state index in [1.807, 2.05) is 6.07 Å². The van der Waals surface area contributed by atoms with Crippen molar-refractivity contribution in [3.8, 4) is 6.07 Å². The molecule has 0 radical (unpaired) electrons. The van der Waals surface area contributed by atoms with Gasteiger partial charge in [-0.1, -0.05) is 0 Å². The summed E-state index contributed by atoms with van der Waals surface area (Å²) in [4.78, 5) is 23.4. The summed E-state index contributed by atoms with van der Waals surface area (Å²) < 4.78 is 9.75. The molecule has 1 rings (SSSR count). The molecule has 1 saturated heterocycles. The number of hydrogen-bond donors (Lipinski definition) is 1. The molecule has 0 bridgehead atoms. The number of rotatable bonds is 5. The second kappa shape index (κ2) is 6.97. The number of carbonyl (C=O) groups excluding carboxylic acids is 2. The Morgan fingerprint density at radius 1 is 1.61 bits per heavy atom. The Hall–Kier alpha value is -1.61. The molecule has 3 atom stereocenters. The molecule has 1 aliphatic rings. The molecule has 0 aromatic carbocycles. The van der Waals surface area contributed by atoms with Gasteiger partial charge >= 0.3 is 5.97 Å². The molecule has 0 aliphatic carbocycles. The van der Waals surface area contributed by atoms with Gasteiger partial charge in [0.15, 0.2) is 0 Å². The van der Waals surface area contributed by atoms with Crippen molar-refractivity contribution in [2.24, 2.45) is 11.8 Å². The number of carbonyl (C=O) groups is 2. The van der Waals surface area contributed by atoms with Crippen LogP contribution in [0.25, 0.3) is 0 Å². The summed E-state index contributed by atoms with van der Waals surface area (Å²) in [5, 5.41) is 11.4. The molecule has 1 heterocycles. The third-order valence-corrected chi connectivity index (χ3v) is 2.91. The van der Waals surface area contributed by atoms with Crippen LogP contribution < -0.4 is 5.32 Å². The van der Waals surface area contributed by atoms with Crippen LogP contribution in [-0.2, 0) is 19.1 Å². The Morgan fingerprint density at radius 3 is 2.83 bits per heavy atom. The largest absolute Gasteiger partial charge is 0.467 e. The first-order valence-electron chi connectivity index (χ1n) is 5.94. The van der Waals surface area contributed by atoms with Crippen molar-refractivity contribution in [2.75, 3.05) is 20.3 Å². The van der Waals surface area contributed by atoms with Gasteiger partial charge in [0.25, 0.3) is 0 Å². The Labute approximate surface area is 106 Å². The lowest BCUT2D eigenvalue weighted by atomic mass is 10.0. The van der Waals surface area contributed by atoms with Crippen molar-refractivity contribution in [3.63, 3.8) is 0 Å². The number of ether oxygens (including phenoxy) is 2. The fraction of sp³-hybridized carbons (Fsp3) is 0.750. The summed E-state index contributed by atoms with van der Waals surface area (Å²) in [5.74, 6) is -1.28. The second-order valence-electron chi connectivity index (χ2n) is 4.41. The minimum Gasteiger partial charge on any atom is -0.467 e. The van der Waals surface area contributed by atoms with Crippen molar-refractivity contribution in [3.05, 3.63) is 0 Å². The van der Waals surface area contributed by atoms with Crippen molar-refractivity contribution in [2.45, 2.75) is 25.8 Å². The molecule has 100 valence electrons. The van der Waals surface area contributed by atoms with Crippen LogP contribution >= 0.6 is 0 Å². The standard InChI is InChI=1S/C12H18N2O4/c1-8(6-13)5-10(12(16)17-2)14-11(15)9-3-4-18-7-9/h8-10H,3-5,7H2,1-2H3,(H,14,15)/t8-,9+,10+/m0/s1. The van der Waals surface area contributed by atoms with E-state index in [1.165, 1.54) is 7.11 Å². The zero-order valence-corrected chi connectivity index (χ0v) is 10.6. The van der Waals surface area contributed by atoms with Gasteiger partial charge < -0.3 is 14.8 Å². The van der Waals surface area contributed by atoms with Gasteiger partial charge in [-0.05, 0) is 19.8 Å². The van der Waals surface area contributed by atoms with Crippen LogP contribution in [0.15, 0.2) is 0 Å². The van der Waals surface area contributed by atoms with Crippen molar-refractivity contribution >= 4 is 11.9 Å². The molecular weight excluding hydrogens is 236 g/mol. The minimum absolute atomic E-state index is 0.213. The lowest BCUT2D eigenvalue weighted by molar-refractivity contribution is -0.146. The van der Waals surface area contributed by atoms with Gasteiger partial charge in [0.2, 0.25) is 5.91 Å². The number of esters is 1. The highest BCUT2D eigenvalue weighted by atomic mass is 16.5. The zero-order valence-electron chi connectivity index (χ0n) is 10.6. The molecule has 0 aromatic heterocycles. The fourth-order valence-electron chi connectivity index (χ4n) is 1.79.